The third-order valence-corrected chi connectivity index (χ3v) is 14.5. The Morgan fingerprint density at radius 3 is 2.14 bits per heavy atom. The van der Waals surface area contributed by atoms with E-state index in [1.165, 1.54) is 51.4 Å². The maximum atomic E-state index is 13.9. The predicted molar refractivity (Wildman–Crippen MR) is 149 cm³/mol. The smallest absolute Gasteiger partial charge is 0.217 e. The Kier molecular flexibility index (Phi) is 8.77. The van der Waals surface area contributed by atoms with Crippen LogP contribution in [-0.2, 0) is 10.0 Å². The lowest BCUT2D eigenvalue weighted by atomic mass is 9.60. The summed E-state index contributed by atoms with van der Waals surface area (Å²) in [6, 6.07) is 0.837. The molecular weight excluding hydrogens is 466 g/mol. The van der Waals surface area contributed by atoms with Crippen LogP contribution in [0.2, 0.25) is 0 Å². The molecule has 2 N–H and O–H groups in total. The molecule has 0 radical (unpaired) electrons. The minimum absolute atomic E-state index is 0.168. The summed E-state index contributed by atoms with van der Waals surface area (Å²) in [5.41, 5.74) is 6.39. The number of hydrogen-bond donors (Lipinski definition) is 1. The Hall–Kier alpha value is -0.170. The van der Waals surface area contributed by atoms with Crippen molar-refractivity contribution in [3.63, 3.8) is 0 Å². The summed E-state index contributed by atoms with van der Waals surface area (Å²) in [5.74, 6) is 5.20. The molecule has 0 aromatic heterocycles. The molecule has 208 valence electrons. The Bertz CT molecular complexity index is 826. The maximum absolute atomic E-state index is 13.9. The molecule has 3 aliphatic carbocycles. The maximum Gasteiger partial charge on any atom is 0.217 e. The summed E-state index contributed by atoms with van der Waals surface area (Å²) in [6.07, 6.45) is 16.0. The molecule has 0 aromatic carbocycles. The quantitative estimate of drug-likeness (QED) is 0.519. The number of hydrogen-bond acceptors (Lipinski definition) is 4. The van der Waals surface area contributed by atoms with Crippen molar-refractivity contribution in [2.45, 2.75) is 122 Å². The first kappa shape index (κ1) is 27.4. The molecule has 0 bridgehead atoms. The van der Waals surface area contributed by atoms with E-state index >= 15 is 0 Å². The van der Waals surface area contributed by atoms with Gasteiger partial charge in [0.1, 0.15) is 0 Å². The second-order valence-electron chi connectivity index (χ2n) is 13.7. The van der Waals surface area contributed by atoms with Gasteiger partial charge in [-0.1, -0.05) is 46.5 Å². The zero-order valence-electron chi connectivity index (χ0n) is 23.5. The van der Waals surface area contributed by atoms with Crippen molar-refractivity contribution in [1.29, 1.82) is 0 Å². The van der Waals surface area contributed by atoms with Gasteiger partial charge in [0.25, 0.3) is 0 Å². The zero-order chi connectivity index (χ0) is 25.4. The normalized spacial score (nSPS) is 45.8. The van der Waals surface area contributed by atoms with Crippen molar-refractivity contribution in [3.8, 4) is 0 Å². The van der Waals surface area contributed by atoms with E-state index in [1.54, 1.807) is 0 Å². The van der Waals surface area contributed by atoms with E-state index in [0.717, 1.165) is 81.3 Å². The van der Waals surface area contributed by atoms with Crippen LogP contribution in [-0.4, -0.2) is 61.1 Å². The van der Waals surface area contributed by atoms with Crippen molar-refractivity contribution in [2.75, 3.05) is 26.2 Å². The summed E-state index contributed by atoms with van der Waals surface area (Å²) in [5, 5.41) is -0.168. The Balaban J connectivity index is 1.27. The summed E-state index contributed by atoms with van der Waals surface area (Å²) in [4.78, 5) is 2.62. The van der Waals surface area contributed by atoms with Gasteiger partial charge in [-0.25, -0.2) is 12.7 Å². The molecule has 6 heteroatoms. The monoisotopic (exact) mass is 521 g/mol. The molecule has 0 aromatic rings. The van der Waals surface area contributed by atoms with Crippen molar-refractivity contribution < 1.29 is 8.42 Å². The van der Waals surface area contributed by atoms with Gasteiger partial charge in [0, 0.05) is 31.7 Å². The molecule has 2 saturated heterocycles. The number of rotatable bonds is 5. The summed E-state index contributed by atoms with van der Waals surface area (Å²) in [7, 11) is -3.23. The lowest BCUT2D eigenvalue weighted by Crippen LogP contribution is -2.72. The third-order valence-electron chi connectivity index (χ3n) is 12.0. The predicted octanol–water partition coefficient (Wildman–Crippen LogP) is 5.50. The molecule has 3 saturated carbocycles. The number of fused-ring (bicyclic) bond motifs is 1. The molecule has 2 aliphatic heterocycles. The van der Waals surface area contributed by atoms with Gasteiger partial charge in [-0.3, -0.25) is 4.90 Å². The average Bonchev–Trinajstić information content (AvgIpc) is 2.85. The van der Waals surface area contributed by atoms with Crippen LogP contribution in [0.1, 0.15) is 104 Å². The molecule has 8 atom stereocenters. The number of sulfonamides is 1. The molecule has 5 aliphatic rings. The molecule has 5 nitrogen and oxygen atoms in total. The topological polar surface area (TPSA) is 66.6 Å². The summed E-state index contributed by atoms with van der Waals surface area (Å²) >= 11 is 0. The summed E-state index contributed by atoms with van der Waals surface area (Å²) in [6.45, 7) is 10.4. The van der Waals surface area contributed by atoms with Gasteiger partial charge in [-0.05, 0) is 106 Å². The molecule has 5 rings (SSSR count). The van der Waals surface area contributed by atoms with E-state index in [2.05, 4.69) is 25.7 Å². The van der Waals surface area contributed by atoms with Gasteiger partial charge in [-0.2, -0.15) is 0 Å². The van der Waals surface area contributed by atoms with Gasteiger partial charge in [-0.15, -0.1) is 0 Å². The molecular formula is C30H55N3O2S. The lowest BCUT2D eigenvalue weighted by Gasteiger charge is -2.60. The first-order chi connectivity index (χ1) is 17.3. The van der Waals surface area contributed by atoms with Crippen LogP contribution < -0.4 is 5.73 Å². The zero-order valence-corrected chi connectivity index (χ0v) is 24.3. The van der Waals surface area contributed by atoms with E-state index in [-0.39, 0.29) is 5.25 Å². The fourth-order valence-corrected chi connectivity index (χ4v) is 11.9. The van der Waals surface area contributed by atoms with Gasteiger partial charge in [0.15, 0.2) is 0 Å². The molecule has 5 fully saturated rings. The highest BCUT2D eigenvalue weighted by Crippen LogP contribution is 2.50. The molecule has 0 spiro atoms. The van der Waals surface area contributed by atoms with Crippen LogP contribution >= 0.6 is 0 Å². The second kappa shape index (κ2) is 11.5. The van der Waals surface area contributed by atoms with Crippen LogP contribution in [0.4, 0.5) is 0 Å². The fraction of sp³-hybridized carbons (Fsp3) is 1.00. The average molecular weight is 522 g/mol. The number of nitrogens with zero attached hydrogens (tertiary/aromatic N) is 2. The van der Waals surface area contributed by atoms with Crippen LogP contribution in [0.15, 0.2) is 0 Å². The van der Waals surface area contributed by atoms with Crippen LogP contribution in [0.5, 0.6) is 0 Å². The highest BCUT2D eigenvalue weighted by Gasteiger charge is 2.53. The van der Waals surface area contributed by atoms with E-state index in [9.17, 15) is 8.42 Å². The minimum Gasteiger partial charge on any atom is -0.329 e. The van der Waals surface area contributed by atoms with E-state index in [4.69, 9.17) is 5.73 Å². The molecule has 0 amide bonds. The number of nitrogens with two attached hydrogens (primary N) is 1. The Labute approximate surface area is 222 Å². The van der Waals surface area contributed by atoms with Gasteiger partial charge in [0.2, 0.25) is 10.0 Å². The Morgan fingerprint density at radius 2 is 1.42 bits per heavy atom. The molecule has 6 unspecified atom stereocenters. The largest absolute Gasteiger partial charge is 0.329 e. The first-order valence-electron chi connectivity index (χ1n) is 15.8. The van der Waals surface area contributed by atoms with Crippen molar-refractivity contribution in [1.82, 2.24) is 9.21 Å². The van der Waals surface area contributed by atoms with E-state index in [0.29, 0.717) is 30.5 Å². The van der Waals surface area contributed by atoms with Crippen molar-refractivity contribution in [3.05, 3.63) is 0 Å². The van der Waals surface area contributed by atoms with Crippen LogP contribution in [0.3, 0.4) is 0 Å². The van der Waals surface area contributed by atoms with E-state index in [1.807, 2.05) is 4.31 Å². The minimum atomic E-state index is -3.23. The van der Waals surface area contributed by atoms with Gasteiger partial charge in [0.05, 0.1) is 5.25 Å². The summed E-state index contributed by atoms with van der Waals surface area (Å²) < 4.78 is 29.7. The van der Waals surface area contributed by atoms with Crippen molar-refractivity contribution in [2.24, 2.45) is 47.2 Å². The van der Waals surface area contributed by atoms with Crippen LogP contribution in [0, 0.1) is 41.4 Å². The van der Waals surface area contributed by atoms with Gasteiger partial charge >= 0.3 is 0 Å². The molecule has 36 heavy (non-hydrogen) atoms. The molecule has 2 heterocycles. The highest BCUT2D eigenvalue weighted by atomic mass is 32.2. The highest BCUT2D eigenvalue weighted by molar-refractivity contribution is 7.89. The standard InChI is InChI=1S/C30H55N3O2S/c1-21-10-8-11-26(23(21)3)24-13-15-25(16-14-24)30-27(19-31)33-18-7-6-17-32(20-28(30)33)36(34,35)29-12-5-4-9-22(29)2/h21-30H,4-20,31H2,1-3H3/t21?,22?,23?,24?,25?,26?,27-,28?,29?,30-/m1/s1. The third kappa shape index (κ3) is 5.19. The van der Waals surface area contributed by atoms with E-state index < -0.39 is 10.0 Å². The SMILES string of the molecule is CC1CCCC(C2CCC([C@H]3C4CN(S(=O)(=O)C5CCCCC5C)CCCCN4[C@@H]3CN)CC2)C1C. The van der Waals surface area contributed by atoms with Crippen LogP contribution in [0.25, 0.3) is 0 Å². The second-order valence-corrected chi connectivity index (χ2v) is 15.9. The van der Waals surface area contributed by atoms with Gasteiger partial charge < -0.3 is 5.73 Å². The lowest BCUT2D eigenvalue weighted by molar-refractivity contribution is -0.103. The Morgan fingerprint density at radius 1 is 0.750 bits per heavy atom. The first-order valence-corrected chi connectivity index (χ1v) is 17.3. The fourth-order valence-electron chi connectivity index (χ4n) is 9.60. The van der Waals surface area contributed by atoms with Crippen molar-refractivity contribution >= 4 is 10.0 Å².